The second-order valence-electron chi connectivity index (χ2n) is 4.17. The molecule has 2 atom stereocenters. The minimum Gasteiger partial charge on any atom is -0.464 e. The topological polar surface area (TPSA) is 72.9 Å². The molecular formula is C12H19NO5S. The Bertz CT molecular complexity index is 386. The third-order valence-electron chi connectivity index (χ3n) is 2.85. The number of thioether (sulfide) groups is 1. The standard InChI is InChI=1S/C12H19NO5S/c1-5-17-10(15)9-7-19-12(4,11(16)18-6-2)13(9)8(3)14/h9H,5-7H2,1-4H3. The van der Waals surface area contributed by atoms with E-state index in [0.717, 1.165) is 0 Å². The first-order chi connectivity index (χ1) is 8.88. The lowest BCUT2D eigenvalue weighted by molar-refractivity contribution is -0.162. The molecule has 0 spiro atoms. The van der Waals surface area contributed by atoms with Crippen molar-refractivity contribution in [2.75, 3.05) is 19.0 Å². The van der Waals surface area contributed by atoms with E-state index >= 15 is 0 Å². The Morgan fingerprint density at radius 3 is 2.32 bits per heavy atom. The average molecular weight is 289 g/mol. The number of carbonyl (C=O) groups excluding carboxylic acids is 3. The van der Waals surface area contributed by atoms with Crippen molar-refractivity contribution in [1.29, 1.82) is 0 Å². The number of amides is 1. The zero-order valence-corrected chi connectivity index (χ0v) is 12.4. The van der Waals surface area contributed by atoms with Crippen LogP contribution in [-0.4, -0.2) is 52.6 Å². The van der Waals surface area contributed by atoms with Gasteiger partial charge in [-0.1, -0.05) is 0 Å². The van der Waals surface area contributed by atoms with E-state index in [1.807, 2.05) is 0 Å². The predicted octanol–water partition coefficient (Wildman–Crippen LogP) is 0.793. The second kappa shape index (κ2) is 6.27. The lowest BCUT2D eigenvalue weighted by Crippen LogP contribution is -2.55. The van der Waals surface area contributed by atoms with Gasteiger partial charge < -0.3 is 14.4 Å². The summed E-state index contributed by atoms with van der Waals surface area (Å²) in [5.41, 5.74) is 0. The maximum Gasteiger partial charge on any atom is 0.342 e. The molecule has 0 aliphatic carbocycles. The van der Waals surface area contributed by atoms with Crippen molar-refractivity contribution in [2.24, 2.45) is 0 Å². The van der Waals surface area contributed by atoms with Gasteiger partial charge in [-0.15, -0.1) is 11.8 Å². The Morgan fingerprint density at radius 1 is 1.26 bits per heavy atom. The third kappa shape index (κ3) is 3.02. The van der Waals surface area contributed by atoms with Crippen LogP contribution in [0.2, 0.25) is 0 Å². The Balaban J connectivity index is 3.00. The van der Waals surface area contributed by atoms with Crippen molar-refractivity contribution in [2.45, 2.75) is 38.6 Å². The maximum absolute atomic E-state index is 12.0. The molecule has 0 bridgehead atoms. The van der Waals surface area contributed by atoms with Gasteiger partial charge in [0.25, 0.3) is 0 Å². The molecule has 1 heterocycles. The summed E-state index contributed by atoms with van der Waals surface area (Å²) in [6, 6.07) is -0.739. The SMILES string of the molecule is CCOC(=O)C1CSC(C)(C(=O)OCC)N1C(C)=O. The van der Waals surface area contributed by atoms with Gasteiger partial charge in [0.05, 0.1) is 13.2 Å². The van der Waals surface area contributed by atoms with Gasteiger partial charge in [0.2, 0.25) is 5.91 Å². The summed E-state index contributed by atoms with van der Waals surface area (Å²) in [6.45, 7) is 6.78. The monoisotopic (exact) mass is 289 g/mol. The highest BCUT2D eigenvalue weighted by Gasteiger charge is 2.54. The Morgan fingerprint density at radius 2 is 1.84 bits per heavy atom. The summed E-state index contributed by atoms with van der Waals surface area (Å²) in [6.07, 6.45) is 0. The van der Waals surface area contributed by atoms with Crippen LogP contribution < -0.4 is 0 Å². The summed E-state index contributed by atoms with van der Waals surface area (Å²) >= 11 is 1.22. The minimum atomic E-state index is -1.17. The van der Waals surface area contributed by atoms with Crippen LogP contribution in [-0.2, 0) is 23.9 Å². The quantitative estimate of drug-likeness (QED) is 0.713. The third-order valence-corrected chi connectivity index (χ3v) is 4.25. The fourth-order valence-corrected chi connectivity index (χ4v) is 3.38. The number of hydrogen-bond acceptors (Lipinski definition) is 6. The van der Waals surface area contributed by atoms with Gasteiger partial charge in [-0.05, 0) is 20.8 Å². The molecule has 0 aromatic heterocycles. The number of esters is 2. The molecule has 2 unspecified atom stereocenters. The number of carbonyl (C=O) groups is 3. The van der Waals surface area contributed by atoms with Crippen molar-refractivity contribution in [1.82, 2.24) is 4.90 Å². The van der Waals surface area contributed by atoms with Gasteiger partial charge in [0.15, 0.2) is 4.87 Å². The summed E-state index contributed by atoms with van der Waals surface area (Å²) in [4.78, 5) is 35.7. The van der Waals surface area contributed by atoms with Crippen LogP contribution >= 0.6 is 11.8 Å². The molecule has 1 fully saturated rings. The Kier molecular flexibility index (Phi) is 5.22. The minimum absolute atomic E-state index is 0.227. The lowest BCUT2D eigenvalue weighted by Gasteiger charge is -2.33. The number of hydrogen-bond donors (Lipinski definition) is 0. The van der Waals surface area contributed by atoms with Crippen molar-refractivity contribution in [3.63, 3.8) is 0 Å². The highest BCUT2D eigenvalue weighted by atomic mass is 32.2. The molecule has 0 aromatic rings. The van der Waals surface area contributed by atoms with Gasteiger partial charge in [-0.3, -0.25) is 4.79 Å². The predicted molar refractivity (Wildman–Crippen MR) is 70.4 cm³/mol. The molecule has 0 N–H and O–H groups in total. The first-order valence-corrected chi connectivity index (χ1v) is 7.14. The summed E-state index contributed by atoms with van der Waals surface area (Å²) in [7, 11) is 0. The van der Waals surface area contributed by atoms with Crippen molar-refractivity contribution in [3.05, 3.63) is 0 Å². The molecule has 0 aromatic carbocycles. The fourth-order valence-electron chi connectivity index (χ4n) is 2.04. The van der Waals surface area contributed by atoms with E-state index in [1.54, 1.807) is 20.8 Å². The first kappa shape index (κ1) is 15.8. The van der Waals surface area contributed by atoms with Gasteiger partial charge in [0, 0.05) is 12.7 Å². The van der Waals surface area contributed by atoms with E-state index in [-0.39, 0.29) is 19.1 Å². The van der Waals surface area contributed by atoms with Gasteiger partial charge in [-0.25, -0.2) is 9.59 Å². The van der Waals surface area contributed by atoms with Crippen LogP contribution in [0.5, 0.6) is 0 Å². The molecular weight excluding hydrogens is 270 g/mol. The van der Waals surface area contributed by atoms with E-state index in [2.05, 4.69) is 0 Å². The first-order valence-electron chi connectivity index (χ1n) is 6.16. The maximum atomic E-state index is 12.0. The van der Waals surface area contributed by atoms with Gasteiger partial charge >= 0.3 is 11.9 Å². The van der Waals surface area contributed by atoms with Crippen LogP contribution in [0.4, 0.5) is 0 Å². The molecule has 0 saturated carbocycles. The van der Waals surface area contributed by atoms with Crippen molar-refractivity contribution < 1.29 is 23.9 Å². The van der Waals surface area contributed by atoms with Crippen LogP contribution in [0.1, 0.15) is 27.7 Å². The normalized spacial score (nSPS) is 26.1. The fraction of sp³-hybridized carbons (Fsp3) is 0.750. The smallest absolute Gasteiger partial charge is 0.342 e. The average Bonchev–Trinajstić information content (AvgIpc) is 2.69. The lowest BCUT2D eigenvalue weighted by atomic mass is 10.2. The molecule has 1 amide bonds. The molecule has 1 aliphatic heterocycles. The molecule has 0 radical (unpaired) electrons. The van der Waals surface area contributed by atoms with Crippen molar-refractivity contribution in [3.8, 4) is 0 Å². The molecule has 1 saturated heterocycles. The van der Waals surface area contributed by atoms with Gasteiger partial charge in [-0.2, -0.15) is 0 Å². The highest BCUT2D eigenvalue weighted by molar-refractivity contribution is 8.01. The van der Waals surface area contributed by atoms with E-state index in [4.69, 9.17) is 9.47 Å². The van der Waals surface area contributed by atoms with E-state index < -0.39 is 22.9 Å². The number of nitrogens with zero attached hydrogens (tertiary/aromatic N) is 1. The van der Waals surface area contributed by atoms with Crippen LogP contribution in [0, 0.1) is 0 Å². The molecule has 108 valence electrons. The molecule has 1 aliphatic rings. The van der Waals surface area contributed by atoms with Crippen molar-refractivity contribution >= 4 is 29.6 Å². The largest absolute Gasteiger partial charge is 0.464 e. The zero-order chi connectivity index (χ0) is 14.6. The van der Waals surface area contributed by atoms with E-state index in [0.29, 0.717) is 5.75 Å². The summed E-state index contributed by atoms with van der Waals surface area (Å²) < 4.78 is 9.93. The molecule has 1 rings (SSSR count). The van der Waals surface area contributed by atoms with E-state index in [1.165, 1.54) is 23.6 Å². The Hall–Kier alpha value is -1.24. The summed E-state index contributed by atoms with van der Waals surface area (Å²) in [5.74, 6) is -1.02. The number of rotatable bonds is 4. The second-order valence-corrected chi connectivity index (χ2v) is 5.59. The molecule has 19 heavy (non-hydrogen) atoms. The van der Waals surface area contributed by atoms with Gasteiger partial charge in [0.1, 0.15) is 6.04 Å². The zero-order valence-electron chi connectivity index (χ0n) is 11.6. The van der Waals surface area contributed by atoms with Crippen LogP contribution in [0.25, 0.3) is 0 Å². The van der Waals surface area contributed by atoms with E-state index in [9.17, 15) is 14.4 Å². The molecule has 6 nitrogen and oxygen atoms in total. The highest BCUT2D eigenvalue weighted by Crippen LogP contribution is 2.40. The number of ether oxygens (including phenoxy) is 2. The van der Waals surface area contributed by atoms with Crippen LogP contribution in [0.15, 0.2) is 0 Å². The Labute approximate surface area is 116 Å². The summed E-state index contributed by atoms with van der Waals surface area (Å²) in [5, 5.41) is 0. The molecule has 7 heteroatoms. The van der Waals surface area contributed by atoms with Crippen LogP contribution in [0.3, 0.4) is 0 Å².